The minimum absolute atomic E-state index is 0.243. The molecule has 0 aromatic heterocycles. The van der Waals surface area contributed by atoms with E-state index >= 15 is 0 Å². The number of amides is 1. The van der Waals surface area contributed by atoms with Gasteiger partial charge in [0, 0.05) is 12.8 Å². The number of unbranched alkanes of at least 4 members (excludes halogenated alkanes) is 2. The SMILES string of the molecule is CCCCC[C@@](C)(OC)C(=O)Nc1ccc(OCC(C)C)c(C(=O)OC)c1. The fourth-order valence-electron chi connectivity index (χ4n) is 2.54. The average molecular weight is 379 g/mol. The summed E-state index contributed by atoms with van der Waals surface area (Å²) in [7, 11) is 2.85. The summed E-state index contributed by atoms with van der Waals surface area (Å²) in [6, 6.07) is 4.95. The average Bonchev–Trinajstić information content (AvgIpc) is 2.66. The van der Waals surface area contributed by atoms with E-state index < -0.39 is 11.6 Å². The van der Waals surface area contributed by atoms with Crippen molar-refractivity contribution in [3.8, 4) is 5.75 Å². The lowest BCUT2D eigenvalue weighted by molar-refractivity contribution is -0.136. The molecule has 0 unspecified atom stereocenters. The second-order valence-corrected chi connectivity index (χ2v) is 7.25. The number of nitrogens with one attached hydrogen (secondary N) is 1. The summed E-state index contributed by atoms with van der Waals surface area (Å²) < 4.78 is 16.0. The number of methoxy groups -OCH3 is 2. The van der Waals surface area contributed by atoms with E-state index in [0.29, 0.717) is 30.4 Å². The Morgan fingerprint density at radius 2 is 1.89 bits per heavy atom. The highest BCUT2D eigenvalue weighted by molar-refractivity contribution is 5.99. The molecule has 6 nitrogen and oxygen atoms in total. The molecule has 1 amide bonds. The maximum Gasteiger partial charge on any atom is 0.341 e. The van der Waals surface area contributed by atoms with Gasteiger partial charge in [0.2, 0.25) is 0 Å². The third kappa shape index (κ3) is 6.86. The zero-order chi connectivity index (χ0) is 20.4. The third-order valence-electron chi connectivity index (χ3n) is 4.40. The number of ether oxygens (including phenoxy) is 3. The Labute approximate surface area is 162 Å². The fourth-order valence-corrected chi connectivity index (χ4v) is 2.54. The van der Waals surface area contributed by atoms with Crippen LogP contribution in [0, 0.1) is 5.92 Å². The van der Waals surface area contributed by atoms with E-state index in [9.17, 15) is 9.59 Å². The molecule has 0 saturated carbocycles. The molecule has 27 heavy (non-hydrogen) atoms. The zero-order valence-corrected chi connectivity index (χ0v) is 17.4. The van der Waals surface area contributed by atoms with Gasteiger partial charge in [-0.1, -0.05) is 40.0 Å². The van der Waals surface area contributed by atoms with Crippen LogP contribution in [-0.2, 0) is 14.3 Å². The molecule has 1 rings (SSSR count). The van der Waals surface area contributed by atoms with Crippen LogP contribution in [-0.4, -0.2) is 38.3 Å². The number of hydrogen-bond acceptors (Lipinski definition) is 5. The van der Waals surface area contributed by atoms with E-state index in [-0.39, 0.29) is 11.5 Å². The van der Waals surface area contributed by atoms with Crippen molar-refractivity contribution in [1.29, 1.82) is 0 Å². The number of hydrogen-bond donors (Lipinski definition) is 1. The largest absolute Gasteiger partial charge is 0.492 e. The van der Waals surface area contributed by atoms with Crippen LogP contribution in [0.1, 0.15) is 63.7 Å². The smallest absolute Gasteiger partial charge is 0.341 e. The number of rotatable bonds is 11. The van der Waals surface area contributed by atoms with Crippen LogP contribution in [0.4, 0.5) is 5.69 Å². The van der Waals surface area contributed by atoms with Gasteiger partial charge in [0.05, 0.1) is 13.7 Å². The Kier molecular flexibility index (Phi) is 9.29. The van der Waals surface area contributed by atoms with Crippen molar-refractivity contribution >= 4 is 17.6 Å². The van der Waals surface area contributed by atoms with E-state index in [1.54, 1.807) is 25.1 Å². The summed E-state index contributed by atoms with van der Waals surface area (Å²) >= 11 is 0. The van der Waals surface area contributed by atoms with E-state index in [0.717, 1.165) is 19.3 Å². The fraction of sp³-hybridized carbons (Fsp3) is 0.619. The first-order valence-electron chi connectivity index (χ1n) is 9.49. The van der Waals surface area contributed by atoms with Crippen molar-refractivity contribution in [3.05, 3.63) is 23.8 Å². The molecule has 0 aliphatic heterocycles. The van der Waals surface area contributed by atoms with Crippen LogP contribution in [0.3, 0.4) is 0 Å². The Hall–Kier alpha value is -2.08. The van der Waals surface area contributed by atoms with Crippen molar-refractivity contribution in [2.75, 3.05) is 26.1 Å². The molecule has 0 heterocycles. The molecule has 0 aliphatic carbocycles. The molecule has 152 valence electrons. The summed E-state index contributed by atoms with van der Waals surface area (Å²) in [4.78, 5) is 24.8. The van der Waals surface area contributed by atoms with Crippen LogP contribution in [0.15, 0.2) is 18.2 Å². The number of benzene rings is 1. The highest BCUT2D eigenvalue weighted by Crippen LogP contribution is 2.26. The number of carbonyl (C=O) groups excluding carboxylic acids is 2. The van der Waals surface area contributed by atoms with Gasteiger partial charge in [-0.2, -0.15) is 0 Å². The summed E-state index contributed by atoms with van der Waals surface area (Å²) in [6.45, 7) is 8.42. The van der Waals surface area contributed by atoms with Crippen LogP contribution in [0.2, 0.25) is 0 Å². The minimum atomic E-state index is -0.923. The molecule has 0 spiro atoms. The molecule has 1 aromatic carbocycles. The second kappa shape index (κ2) is 10.9. The number of esters is 1. The standard InChI is InChI=1S/C21H33NO5/c1-7-8-9-12-21(4,26-6)20(24)22-16-10-11-18(27-14-15(2)3)17(13-16)19(23)25-5/h10-11,13,15H,7-9,12,14H2,1-6H3,(H,22,24)/t21-/m1/s1. The molecule has 0 fully saturated rings. The lowest BCUT2D eigenvalue weighted by Gasteiger charge is -2.27. The van der Waals surface area contributed by atoms with E-state index in [1.165, 1.54) is 14.2 Å². The first-order valence-corrected chi connectivity index (χ1v) is 9.49. The quantitative estimate of drug-likeness (QED) is 0.455. The van der Waals surface area contributed by atoms with Crippen LogP contribution in [0.5, 0.6) is 5.75 Å². The first kappa shape index (κ1) is 23.0. The maximum atomic E-state index is 12.7. The molecule has 0 aliphatic rings. The van der Waals surface area contributed by atoms with Crippen LogP contribution < -0.4 is 10.1 Å². The van der Waals surface area contributed by atoms with Gasteiger partial charge in [-0.3, -0.25) is 4.79 Å². The lowest BCUT2D eigenvalue weighted by atomic mass is 9.96. The predicted octanol–water partition coefficient (Wildman–Crippen LogP) is 4.43. The van der Waals surface area contributed by atoms with Gasteiger partial charge < -0.3 is 19.5 Å². The third-order valence-corrected chi connectivity index (χ3v) is 4.40. The topological polar surface area (TPSA) is 73.9 Å². The molecule has 0 bridgehead atoms. The highest BCUT2D eigenvalue weighted by atomic mass is 16.5. The van der Waals surface area contributed by atoms with Crippen molar-refractivity contribution < 1.29 is 23.8 Å². The van der Waals surface area contributed by atoms with Crippen LogP contribution in [0.25, 0.3) is 0 Å². The van der Waals surface area contributed by atoms with Gasteiger partial charge in [-0.15, -0.1) is 0 Å². The summed E-state index contributed by atoms with van der Waals surface area (Å²) in [5.74, 6) is 0.00137. The highest BCUT2D eigenvalue weighted by Gasteiger charge is 2.32. The van der Waals surface area contributed by atoms with Crippen molar-refractivity contribution in [3.63, 3.8) is 0 Å². The van der Waals surface area contributed by atoms with E-state index in [2.05, 4.69) is 12.2 Å². The Bertz CT molecular complexity index is 629. The Morgan fingerprint density at radius 1 is 1.19 bits per heavy atom. The summed E-state index contributed by atoms with van der Waals surface area (Å²) in [5, 5.41) is 2.84. The minimum Gasteiger partial charge on any atom is -0.492 e. The lowest BCUT2D eigenvalue weighted by Crippen LogP contribution is -2.42. The molecule has 1 aromatic rings. The molecule has 0 saturated heterocycles. The normalized spacial score (nSPS) is 13.1. The van der Waals surface area contributed by atoms with Crippen LogP contribution >= 0.6 is 0 Å². The number of anilines is 1. The maximum absolute atomic E-state index is 12.7. The second-order valence-electron chi connectivity index (χ2n) is 7.25. The molecular formula is C21H33NO5. The van der Waals surface area contributed by atoms with Gasteiger partial charge in [0.1, 0.15) is 16.9 Å². The Balaban J connectivity index is 2.98. The molecular weight excluding hydrogens is 346 g/mol. The van der Waals surface area contributed by atoms with Gasteiger partial charge in [-0.25, -0.2) is 4.79 Å². The Morgan fingerprint density at radius 3 is 2.44 bits per heavy atom. The molecule has 1 N–H and O–H groups in total. The monoisotopic (exact) mass is 379 g/mol. The van der Waals surface area contributed by atoms with Gasteiger partial charge in [0.25, 0.3) is 5.91 Å². The first-order chi connectivity index (χ1) is 12.8. The van der Waals surface area contributed by atoms with E-state index in [4.69, 9.17) is 14.2 Å². The van der Waals surface area contributed by atoms with Crippen molar-refractivity contribution in [2.24, 2.45) is 5.92 Å². The number of carbonyl (C=O) groups is 2. The summed E-state index contributed by atoms with van der Waals surface area (Å²) in [5.41, 5.74) is -0.148. The molecule has 1 atom stereocenters. The predicted molar refractivity (Wildman–Crippen MR) is 106 cm³/mol. The van der Waals surface area contributed by atoms with Crippen molar-refractivity contribution in [1.82, 2.24) is 0 Å². The van der Waals surface area contributed by atoms with Gasteiger partial charge in [-0.05, 0) is 37.5 Å². The van der Waals surface area contributed by atoms with Gasteiger partial charge in [0.15, 0.2) is 0 Å². The molecule has 6 heteroatoms. The molecule has 0 radical (unpaired) electrons. The summed E-state index contributed by atoms with van der Waals surface area (Å²) in [6.07, 6.45) is 3.65. The van der Waals surface area contributed by atoms with Gasteiger partial charge >= 0.3 is 5.97 Å². The van der Waals surface area contributed by atoms with E-state index in [1.807, 2.05) is 13.8 Å². The van der Waals surface area contributed by atoms with Crippen molar-refractivity contribution in [2.45, 2.75) is 59.0 Å². The zero-order valence-electron chi connectivity index (χ0n) is 17.4.